The molecule has 0 fully saturated rings. The minimum absolute atomic E-state index is 0.0188. The van der Waals surface area contributed by atoms with Gasteiger partial charge in [0.2, 0.25) is 5.82 Å². The second-order valence-electron chi connectivity index (χ2n) is 7.10. The number of nitrogens with one attached hydrogen (secondary N) is 2. The number of aromatic nitrogens is 2. The first kappa shape index (κ1) is 18.6. The Labute approximate surface area is 158 Å². The summed E-state index contributed by atoms with van der Waals surface area (Å²) in [5.41, 5.74) is 2.72. The maximum absolute atomic E-state index is 12.8. The number of imidazole rings is 1. The van der Waals surface area contributed by atoms with E-state index in [1.54, 1.807) is 22.7 Å². The summed E-state index contributed by atoms with van der Waals surface area (Å²) < 4.78 is 1.63. The minimum atomic E-state index is -0.364. The van der Waals surface area contributed by atoms with E-state index in [1.165, 1.54) is 5.56 Å². The number of carbonyl (C=O) groups is 2. The zero-order chi connectivity index (χ0) is 19.6. The van der Waals surface area contributed by atoms with Gasteiger partial charge in [0.1, 0.15) is 0 Å². The average Bonchev–Trinajstić information content (AvgIpc) is 3.01. The summed E-state index contributed by atoms with van der Waals surface area (Å²) in [6, 6.07) is 13.1. The van der Waals surface area contributed by atoms with E-state index in [1.807, 2.05) is 44.2 Å². The third-order valence-electron chi connectivity index (χ3n) is 4.22. The number of carbonyl (C=O) groups excluding carboxylic acids is 2. The third-order valence-corrected chi connectivity index (χ3v) is 4.22. The lowest BCUT2D eigenvalue weighted by Crippen LogP contribution is -2.30. The first-order valence-electron chi connectivity index (χ1n) is 9.06. The van der Waals surface area contributed by atoms with Crippen LogP contribution >= 0.6 is 0 Å². The molecule has 0 radical (unpaired) electrons. The highest BCUT2D eigenvalue weighted by Gasteiger charge is 2.21. The van der Waals surface area contributed by atoms with Crippen LogP contribution in [0.25, 0.3) is 5.52 Å². The highest BCUT2D eigenvalue weighted by molar-refractivity contribution is 6.06. The van der Waals surface area contributed by atoms with Crippen LogP contribution in [-0.4, -0.2) is 27.2 Å². The van der Waals surface area contributed by atoms with Crippen LogP contribution in [0.4, 0.5) is 5.69 Å². The standard InChI is InChI=1S/C21H24N4O2/c1-13(2)15-8-10-16(11-9-15)23-21(27)19-24-18(20(26)22-14(3)4)17-7-5-6-12-25(17)19/h5-14H,1-4H3,(H,22,26)(H,23,27). The van der Waals surface area contributed by atoms with Crippen molar-refractivity contribution in [2.45, 2.75) is 39.7 Å². The molecule has 2 aromatic heterocycles. The Hall–Kier alpha value is -3.15. The normalized spacial score (nSPS) is 11.2. The second-order valence-corrected chi connectivity index (χ2v) is 7.10. The van der Waals surface area contributed by atoms with Crippen molar-refractivity contribution in [3.05, 3.63) is 65.7 Å². The summed E-state index contributed by atoms with van der Waals surface area (Å²) in [6.07, 6.45) is 1.73. The Bertz CT molecular complexity index is 972. The zero-order valence-corrected chi connectivity index (χ0v) is 16.0. The van der Waals surface area contributed by atoms with Crippen molar-refractivity contribution >= 4 is 23.0 Å². The van der Waals surface area contributed by atoms with E-state index in [0.29, 0.717) is 17.1 Å². The fourth-order valence-electron chi connectivity index (χ4n) is 2.83. The first-order chi connectivity index (χ1) is 12.9. The lowest BCUT2D eigenvalue weighted by molar-refractivity contribution is 0.0940. The molecule has 2 heterocycles. The molecule has 3 rings (SSSR count). The number of hydrogen-bond donors (Lipinski definition) is 2. The molecule has 0 spiro atoms. The number of fused-ring (bicyclic) bond motifs is 1. The molecule has 6 heteroatoms. The molecule has 0 atom stereocenters. The molecule has 1 aromatic carbocycles. The SMILES string of the molecule is CC(C)NC(=O)c1nc(C(=O)Nc2ccc(C(C)C)cc2)n2ccccc12. The molecule has 2 amide bonds. The van der Waals surface area contributed by atoms with Gasteiger partial charge in [0.15, 0.2) is 5.69 Å². The van der Waals surface area contributed by atoms with Crippen molar-refractivity contribution < 1.29 is 9.59 Å². The minimum Gasteiger partial charge on any atom is -0.348 e. The van der Waals surface area contributed by atoms with E-state index in [9.17, 15) is 9.59 Å². The van der Waals surface area contributed by atoms with E-state index in [2.05, 4.69) is 29.5 Å². The Morgan fingerprint density at radius 3 is 2.30 bits per heavy atom. The van der Waals surface area contributed by atoms with E-state index in [-0.39, 0.29) is 29.4 Å². The van der Waals surface area contributed by atoms with E-state index < -0.39 is 0 Å². The highest BCUT2D eigenvalue weighted by Crippen LogP contribution is 2.19. The van der Waals surface area contributed by atoms with Crippen LogP contribution in [0.3, 0.4) is 0 Å². The van der Waals surface area contributed by atoms with Crippen LogP contribution in [0.5, 0.6) is 0 Å². The molecular weight excluding hydrogens is 340 g/mol. The predicted molar refractivity (Wildman–Crippen MR) is 106 cm³/mol. The van der Waals surface area contributed by atoms with Gasteiger partial charge in [0.05, 0.1) is 5.52 Å². The molecule has 6 nitrogen and oxygen atoms in total. The van der Waals surface area contributed by atoms with Gasteiger partial charge in [-0.1, -0.05) is 32.0 Å². The number of anilines is 1. The smallest absolute Gasteiger partial charge is 0.292 e. The van der Waals surface area contributed by atoms with Gasteiger partial charge < -0.3 is 10.6 Å². The molecule has 0 aliphatic carbocycles. The summed E-state index contributed by atoms with van der Waals surface area (Å²) >= 11 is 0. The fourth-order valence-corrected chi connectivity index (χ4v) is 2.83. The van der Waals surface area contributed by atoms with Gasteiger partial charge in [-0.05, 0) is 49.6 Å². The molecule has 140 valence electrons. The third kappa shape index (κ3) is 4.00. The van der Waals surface area contributed by atoms with Crippen molar-refractivity contribution in [1.82, 2.24) is 14.7 Å². The molecular formula is C21H24N4O2. The van der Waals surface area contributed by atoms with Gasteiger partial charge in [0.25, 0.3) is 11.8 Å². The zero-order valence-electron chi connectivity index (χ0n) is 16.0. The Morgan fingerprint density at radius 1 is 0.963 bits per heavy atom. The number of amides is 2. The van der Waals surface area contributed by atoms with Gasteiger partial charge in [-0.25, -0.2) is 4.98 Å². The average molecular weight is 364 g/mol. The lowest BCUT2D eigenvalue weighted by atomic mass is 10.0. The number of rotatable bonds is 5. The van der Waals surface area contributed by atoms with Crippen molar-refractivity contribution in [3.63, 3.8) is 0 Å². The Kier molecular flexibility index (Phi) is 5.26. The largest absolute Gasteiger partial charge is 0.348 e. The lowest BCUT2D eigenvalue weighted by Gasteiger charge is -2.08. The van der Waals surface area contributed by atoms with Crippen molar-refractivity contribution in [3.8, 4) is 0 Å². The molecule has 2 N–H and O–H groups in total. The Morgan fingerprint density at radius 2 is 1.67 bits per heavy atom. The van der Waals surface area contributed by atoms with Gasteiger partial charge in [0, 0.05) is 17.9 Å². The van der Waals surface area contributed by atoms with Crippen molar-refractivity contribution in [2.24, 2.45) is 0 Å². The first-order valence-corrected chi connectivity index (χ1v) is 9.06. The van der Waals surface area contributed by atoms with Crippen LogP contribution < -0.4 is 10.6 Å². The second kappa shape index (κ2) is 7.61. The number of hydrogen-bond acceptors (Lipinski definition) is 3. The van der Waals surface area contributed by atoms with Crippen molar-refractivity contribution in [2.75, 3.05) is 5.32 Å². The highest BCUT2D eigenvalue weighted by atomic mass is 16.2. The maximum atomic E-state index is 12.8. The van der Waals surface area contributed by atoms with Crippen LogP contribution in [-0.2, 0) is 0 Å². The predicted octanol–water partition coefficient (Wildman–Crippen LogP) is 3.85. The van der Waals surface area contributed by atoms with E-state index in [0.717, 1.165) is 0 Å². The molecule has 27 heavy (non-hydrogen) atoms. The van der Waals surface area contributed by atoms with Gasteiger partial charge in [-0.2, -0.15) is 0 Å². The number of pyridine rings is 1. The van der Waals surface area contributed by atoms with E-state index in [4.69, 9.17) is 0 Å². The summed E-state index contributed by atoms with van der Waals surface area (Å²) in [5, 5.41) is 5.68. The van der Waals surface area contributed by atoms with Crippen LogP contribution in [0.15, 0.2) is 48.7 Å². The van der Waals surface area contributed by atoms with Crippen LogP contribution in [0.1, 0.15) is 60.3 Å². The maximum Gasteiger partial charge on any atom is 0.292 e. The summed E-state index contributed by atoms with van der Waals surface area (Å²) in [4.78, 5) is 29.5. The quantitative estimate of drug-likeness (QED) is 0.722. The van der Waals surface area contributed by atoms with Gasteiger partial charge in [-0.15, -0.1) is 0 Å². The molecule has 3 aromatic rings. The molecule has 0 bridgehead atoms. The summed E-state index contributed by atoms with van der Waals surface area (Å²) in [7, 11) is 0. The van der Waals surface area contributed by atoms with E-state index >= 15 is 0 Å². The Balaban J connectivity index is 1.91. The van der Waals surface area contributed by atoms with Crippen molar-refractivity contribution in [1.29, 1.82) is 0 Å². The van der Waals surface area contributed by atoms with Crippen LogP contribution in [0, 0.1) is 0 Å². The molecule has 0 unspecified atom stereocenters. The summed E-state index contributed by atoms with van der Waals surface area (Å²) in [5.74, 6) is -0.0633. The fraction of sp³-hybridized carbons (Fsp3) is 0.286. The molecule has 0 saturated carbocycles. The number of benzene rings is 1. The topological polar surface area (TPSA) is 75.5 Å². The van der Waals surface area contributed by atoms with Crippen LogP contribution in [0.2, 0.25) is 0 Å². The summed E-state index contributed by atoms with van der Waals surface area (Å²) in [6.45, 7) is 8.00. The van der Waals surface area contributed by atoms with Gasteiger partial charge >= 0.3 is 0 Å². The molecule has 0 saturated heterocycles. The number of nitrogens with zero attached hydrogens (tertiary/aromatic N) is 2. The monoisotopic (exact) mass is 364 g/mol. The molecule has 0 aliphatic rings. The molecule has 0 aliphatic heterocycles. The van der Waals surface area contributed by atoms with Gasteiger partial charge in [-0.3, -0.25) is 14.0 Å².